The van der Waals surface area contributed by atoms with E-state index < -0.39 is 12.5 Å². The third kappa shape index (κ3) is 1.28. The third-order valence-electron chi connectivity index (χ3n) is 1.19. The lowest BCUT2D eigenvalue weighted by molar-refractivity contribution is -0.116. The fourth-order valence-corrected chi connectivity index (χ4v) is 0.678. The average Bonchev–Trinajstić information content (AvgIpc) is 2.37. The van der Waals surface area contributed by atoms with E-state index in [0.29, 0.717) is 18.6 Å². The molecule has 0 saturated carbocycles. The largest absolute Gasteiger partial charge is 0.500 e. The smallest absolute Gasteiger partial charge is 0.192 e. The predicted octanol–water partition coefficient (Wildman–Crippen LogP) is 0.829. The minimum absolute atomic E-state index is 0.451. The van der Waals surface area contributed by atoms with Crippen molar-refractivity contribution in [2.75, 3.05) is 13.3 Å². The normalized spacial score (nSPS) is 16.8. The highest BCUT2D eigenvalue weighted by atomic mass is 19.1. The predicted molar refractivity (Wildman–Crippen MR) is 29.6 cm³/mol. The van der Waals surface area contributed by atoms with E-state index in [0.717, 1.165) is 0 Å². The van der Waals surface area contributed by atoms with Crippen LogP contribution >= 0.6 is 0 Å². The molecule has 1 aliphatic heterocycles. The summed E-state index contributed by atoms with van der Waals surface area (Å²) < 4.78 is 16.3. The molecule has 0 aromatic carbocycles. The van der Waals surface area contributed by atoms with E-state index >= 15 is 0 Å². The van der Waals surface area contributed by atoms with Crippen LogP contribution < -0.4 is 0 Å². The van der Waals surface area contributed by atoms with Crippen molar-refractivity contribution in [2.24, 2.45) is 0 Å². The van der Waals surface area contributed by atoms with Crippen LogP contribution in [-0.2, 0) is 9.53 Å². The van der Waals surface area contributed by atoms with Gasteiger partial charge in [0, 0.05) is 12.0 Å². The Bertz CT molecular complexity index is 151. The van der Waals surface area contributed by atoms with Gasteiger partial charge in [0.1, 0.15) is 0 Å². The molecule has 1 aliphatic rings. The zero-order valence-corrected chi connectivity index (χ0v) is 4.89. The monoisotopic (exact) mass is 130 g/mol. The van der Waals surface area contributed by atoms with Gasteiger partial charge in [-0.2, -0.15) is 0 Å². The molecule has 0 saturated heterocycles. The van der Waals surface area contributed by atoms with Gasteiger partial charge < -0.3 is 4.74 Å². The van der Waals surface area contributed by atoms with E-state index in [-0.39, 0.29) is 0 Å². The highest BCUT2D eigenvalue weighted by Gasteiger charge is 2.13. The maximum atomic E-state index is 11.6. The highest BCUT2D eigenvalue weighted by molar-refractivity contribution is 5.96. The molecule has 0 aromatic heterocycles. The van der Waals surface area contributed by atoms with Gasteiger partial charge in [-0.15, -0.1) is 0 Å². The Morgan fingerprint density at radius 2 is 2.67 bits per heavy atom. The summed E-state index contributed by atoms with van der Waals surface area (Å²) in [4.78, 5) is 10.5. The Labute approximate surface area is 52.3 Å². The van der Waals surface area contributed by atoms with Gasteiger partial charge in [0.15, 0.2) is 12.5 Å². The summed E-state index contributed by atoms with van der Waals surface area (Å²) in [7, 11) is 0. The van der Waals surface area contributed by atoms with E-state index in [9.17, 15) is 9.18 Å². The number of halogens is 1. The van der Waals surface area contributed by atoms with Gasteiger partial charge in [0.25, 0.3) is 0 Å². The van der Waals surface area contributed by atoms with Crippen molar-refractivity contribution >= 4 is 5.78 Å². The number of carbonyl (C=O) groups is 1. The first-order valence-electron chi connectivity index (χ1n) is 2.74. The Balaban J connectivity index is 2.51. The summed E-state index contributed by atoms with van der Waals surface area (Å²) in [5, 5.41) is 0. The number of alkyl halides is 1. The lowest BCUT2D eigenvalue weighted by atomic mass is 10.2. The number of Topliss-reactive ketones (excluding diaryl/α,β-unsaturated/α-hetero) is 1. The summed E-state index contributed by atoms with van der Waals surface area (Å²) >= 11 is 0. The molecule has 3 heteroatoms. The summed E-state index contributed by atoms with van der Waals surface area (Å²) in [5.74, 6) is -0.451. The van der Waals surface area contributed by atoms with Crippen LogP contribution in [-0.4, -0.2) is 19.1 Å². The Morgan fingerprint density at radius 1 is 1.89 bits per heavy atom. The van der Waals surface area contributed by atoms with Gasteiger partial charge in [-0.3, -0.25) is 4.79 Å². The SMILES string of the molecule is O=C(CF)C1=COCC1. The molecular formula is C6H7FO2. The second kappa shape index (κ2) is 2.62. The van der Waals surface area contributed by atoms with Crippen molar-refractivity contribution in [3.8, 4) is 0 Å². The van der Waals surface area contributed by atoms with Crippen LogP contribution in [0.1, 0.15) is 6.42 Å². The fraction of sp³-hybridized carbons (Fsp3) is 0.500. The molecule has 0 amide bonds. The molecule has 1 heterocycles. The number of carbonyl (C=O) groups excluding carboxylic acids is 1. The second-order valence-electron chi connectivity index (χ2n) is 1.82. The summed E-state index contributed by atoms with van der Waals surface area (Å²) in [6.45, 7) is -0.393. The maximum absolute atomic E-state index is 11.6. The molecule has 0 atom stereocenters. The van der Waals surface area contributed by atoms with Crippen LogP contribution in [0.25, 0.3) is 0 Å². The minimum Gasteiger partial charge on any atom is -0.500 e. The molecule has 9 heavy (non-hydrogen) atoms. The molecule has 0 N–H and O–H groups in total. The molecule has 1 rings (SSSR count). The lowest BCUT2D eigenvalue weighted by Gasteiger charge is -1.88. The molecule has 0 unspecified atom stereocenters. The summed E-state index contributed by atoms with van der Waals surface area (Å²) in [6.07, 6.45) is 1.89. The standard InChI is InChI=1S/C6H7FO2/c7-3-6(8)5-1-2-9-4-5/h4H,1-3H2. The fourth-order valence-electron chi connectivity index (χ4n) is 0.678. The van der Waals surface area contributed by atoms with E-state index in [2.05, 4.69) is 0 Å². The van der Waals surface area contributed by atoms with Crippen LogP contribution in [0.2, 0.25) is 0 Å². The summed E-state index contributed by atoms with van der Waals surface area (Å²) in [6, 6.07) is 0. The van der Waals surface area contributed by atoms with Gasteiger partial charge in [-0.1, -0.05) is 0 Å². The van der Waals surface area contributed by atoms with Gasteiger partial charge in [-0.25, -0.2) is 4.39 Å². The maximum Gasteiger partial charge on any atom is 0.192 e. The van der Waals surface area contributed by atoms with Gasteiger partial charge in [-0.05, 0) is 0 Å². The van der Waals surface area contributed by atoms with Crippen molar-refractivity contribution in [3.63, 3.8) is 0 Å². The molecular weight excluding hydrogens is 123 g/mol. The molecule has 2 nitrogen and oxygen atoms in total. The van der Waals surface area contributed by atoms with Crippen molar-refractivity contribution in [1.29, 1.82) is 0 Å². The Hall–Kier alpha value is -0.860. The van der Waals surface area contributed by atoms with E-state index in [1.165, 1.54) is 6.26 Å². The molecule has 0 radical (unpaired) electrons. The number of rotatable bonds is 2. The zero-order chi connectivity index (χ0) is 6.69. The van der Waals surface area contributed by atoms with Crippen LogP contribution in [0.4, 0.5) is 4.39 Å². The number of hydrogen-bond donors (Lipinski definition) is 0. The number of ketones is 1. The molecule has 0 spiro atoms. The van der Waals surface area contributed by atoms with Gasteiger partial charge in [0.05, 0.1) is 12.9 Å². The first-order chi connectivity index (χ1) is 4.34. The first kappa shape index (κ1) is 6.26. The van der Waals surface area contributed by atoms with Crippen molar-refractivity contribution in [2.45, 2.75) is 6.42 Å². The van der Waals surface area contributed by atoms with Crippen molar-refractivity contribution in [3.05, 3.63) is 11.8 Å². The zero-order valence-electron chi connectivity index (χ0n) is 4.89. The van der Waals surface area contributed by atoms with Crippen molar-refractivity contribution in [1.82, 2.24) is 0 Å². The topological polar surface area (TPSA) is 26.3 Å². The Morgan fingerprint density at radius 3 is 3.11 bits per heavy atom. The molecule has 0 fully saturated rings. The third-order valence-corrected chi connectivity index (χ3v) is 1.19. The van der Waals surface area contributed by atoms with E-state index in [4.69, 9.17) is 4.74 Å². The quantitative estimate of drug-likeness (QED) is 0.553. The van der Waals surface area contributed by atoms with Gasteiger partial charge >= 0.3 is 0 Å². The first-order valence-corrected chi connectivity index (χ1v) is 2.74. The second-order valence-corrected chi connectivity index (χ2v) is 1.82. The number of hydrogen-bond acceptors (Lipinski definition) is 2. The van der Waals surface area contributed by atoms with Crippen molar-refractivity contribution < 1.29 is 13.9 Å². The molecule has 0 bridgehead atoms. The van der Waals surface area contributed by atoms with Crippen LogP contribution in [0.15, 0.2) is 11.8 Å². The molecule has 0 aliphatic carbocycles. The average molecular weight is 130 g/mol. The Kier molecular flexibility index (Phi) is 1.82. The van der Waals surface area contributed by atoms with Gasteiger partial charge in [0.2, 0.25) is 0 Å². The summed E-state index contributed by atoms with van der Waals surface area (Å²) in [5.41, 5.74) is 0.470. The molecule has 0 aromatic rings. The van der Waals surface area contributed by atoms with Crippen LogP contribution in [0, 0.1) is 0 Å². The van der Waals surface area contributed by atoms with E-state index in [1.54, 1.807) is 0 Å². The minimum atomic E-state index is -0.908. The van der Waals surface area contributed by atoms with Crippen LogP contribution in [0.5, 0.6) is 0 Å². The highest BCUT2D eigenvalue weighted by Crippen LogP contribution is 2.10. The van der Waals surface area contributed by atoms with E-state index in [1.807, 2.05) is 0 Å². The molecule has 50 valence electrons. The van der Waals surface area contributed by atoms with Crippen LogP contribution in [0.3, 0.4) is 0 Å². The lowest BCUT2D eigenvalue weighted by Crippen LogP contribution is -2.02. The number of ether oxygens (including phenoxy) is 1.